The lowest BCUT2D eigenvalue weighted by Gasteiger charge is -2.21. The second-order valence-corrected chi connectivity index (χ2v) is 8.73. The van der Waals surface area contributed by atoms with E-state index in [1.54, 1.807) is 24.5 Å². The molecule has 0 saturated carbocycles. The molecule has 1 aromatic heterocycles. The molecular formula is C21H20N4O5S. The van der Waals surface area contributed by atoms with E-state index in [9.17, 15) is 23.3 Å². The van der Waals surface area contributed by atoms with Gasteiger partial charge in [-0.1, -0.05) is 18.2 Å². The molecule has 0 aliphatic heterocycles. The topological polar surface area (TPSA) is 123 Å². The van der Waals surface area contributed by atoms with E-state index in [1.807, 2.05) is 24.3 Å². The quantitative estimate of drug-likeness (QED) is 0.424. The summed E-state index contributed by atoms with van der Waals surface area (Å²) in [5.41, 5.74) is 2.43. The molecule has 0 atom stereocenters. The van der Waals surface area contributed by atoms with Crippen LogP contribution in [0.2, 0.25) is 0 Å². The number of aromatic nitrogens is 1. The number of hydrogen-bond acceptors (Lipinski definition) is 6. The maximum absolute atomic E-state index is 12.5. The summed E-state index contributed by atoms with van der Waals surface area (Å²) in [7, 11) is -3.84. The molecule has 0 radical (unpaired) electrons. The number of non-ortho nitro benzene ring substituents is 1. The van der Waals surface area contributed by atoms with Crippen LogP contribution in [0.3, 0.4) is 0 Å². The van der Waals surface area contributed by atoms with Crippen molar-refractivity contribution in [2.45, 2.75) is 6.42 Å². The molecule has 0 saturated heterocycles. The number of nitro groups is 1. The fraction of sp³-hybridized carbons (Fsp3) is 0.143. The summed E-state index contributed by atoms with van der Waals surface area (Å²) >= 11 is 0. The van der Waals surface area contributed by atoms with Gasteiger partial charge in [0.2, 0.25) is 15.9 Å². The Bertz CT molecular complexity index is 1180. The molecule has 9 nitrogen and oxygen atoms in total. The van der Waals surface area contributed by atoms with Crippen LogP contribution >= 0.6 is 0 Å². The second-order valence-electron chi connectivity index (χ2n) is 6.82. The molecule has 0 aliphatic rings. The SMILES string of the molecule is CS(=O)(=O)N(CC(=O)Nc1ccc(Cc2ccncc2)cc1)c1cccc([N+](=O)[O-])c1. The fourth-order valence-electron chi connectivity index (χ4n) is 2.93. The van der Waals surface area contributed by atoms with Gasteiger partial charge in [-0.3, -0.25) is 24.2 Å². The van der Waals surface area contributed by atoms with Crippen LogP contribution in [0.25, 0.3) is 0 Å². The minimum absolute atomic E-state index is 0.0412. The van der Waals surface area contributed by atoms with Crippen molar-refractivity contribution in [3.05, 3.63) is 94.3 Å². The summed E-state index contributed by atoms with van der Waals surface area (Å²) in [5, 5.41) is 13.6. The lowest BCUT2D eigenvalue weighted by molar-refractivity contribution is -0.384. The highest BCUT2D eigenvalue weighted by Gasteiger charge is 2.22. The normalized spacial score (nSPS) is 11.0. The van der Waals surface area contributed by atoms with Crippen LogP contribution in [0.5, 0.6) is 0 Å². The molecule has 1 amide bonds. The maximum Gasteiger partial charge on any atom is 0.271 e. The van der Waals surface area contributed by atoms with Gasteiger partial charge in [-0.05, 0) is 47.9 Å². The van der Waals surface area contributed by atoms with Gasteiger partial charge in [0.15, 0.2) is 0 Å². The first-order valence-corrected chi connectivity index (χ1v) is 11.1. The van der Waals surface area contributed by atoms with E-state index in [0.717, 1.165) is 27.8 Å². The zero-order valence-corrected chi connectivity index (χ0v) is 17.5. The van der Waals surface area contributed by atoms with Crippen LogP contribution in [0.1, 0.15) is 11.1 Å². The number of benzene rings is 2. The molecule has 0 spiro atoms. The summed E-state index contributed by atoms with van der Waals surface area (Å²) in [6.07, 6.45) is 5.09. The predicted octanol–water partition coefficient (Wildman–Crippen LogP) is 2.99. The average molecular weight is 440 g/mol. The summed E-state index contributed by atoms with van der Waals surface area (Å²) in [4.78, 5) is 26.8. The molecule has 3 rings (SSSR count). The van der Waals surface area contributed by atoms with Crippen molar-refractivity contribution in [2.75, 3.05) is 22.4 Å². The zero-order valence-electron chi connectivity index (χ0n) is 16.6. The number of sulfonamides is 1. The molecule has 0 fully saturated rings. The molecule has 10 heteroatoms. The van der Waals surface area contributed by atoms with Crippen molar-refractivity contribution >= 4 is 33.0 Å². The molecular weight excluding hydrogens is 420 g/mol. The van der Waals surface area contributed by atoms with Gasteiger partial charge in [0, 0.05) is 30.2 Å². The van der Waals surface area contributed by atoms with Crippen LogP contribution < -0.4 is 9.62 Å². The van der Waals surface area contributed by atoms with Gasteiger partial charge in [0.05, 0.1) is 16.9 Å². The third-order valence-electron chi connectivity index (χ3n) is 4.41. The summed E-state index contributed by atoms with van der Waals surface area (Å²) in [6.45, 7) is -0.515. The average Bonchev–Trinajstić information content (AvgIpc) is 2.73. The molecule has 160 valence electrons. The highest BCUT2D eigenvalue weighted by molar-refractivity contribution is 7.92. The van der Waals surface area contributed by atoms with E-state index in [0.29, 0.717) is 12.1 Å². The van der Waals surface area contributed by atoms with Crippen LogP contribution in [0.4, 0.5) is 17.1 Å². The molecule has 0 aliphatic carbocycles. The van der Waals surface area contributed by atoms with E-state index < -0.39 is 27.4 Å². The lowest BCUT2D eigenvalue weighted by atomic mass is 10.1. The number of amides is 1. The number of carbonyl (C=O) groups excluding carboxylic acids is 1. The molecule has 2 aromatic carbocycles. The van der Waals surface area contributed by atoms with Crippen molar-refractivity contribution in [2.24, 2.45) is 0 Å². The molecule has 3 aromatic rings. The number of hydrogen-bond donors (Lipinski definition) is 1. The highest BCUT2D eigenvalue weighted by atomic mass is 32.2. The van der Waals surface area contributed by atoms with Gasteiger partial charge in [-0.25, -0.2) is 8.42 Å². The highest BCUT2D eigenvalue weighted by Crippen LogP contribution is 2.23. The van der Waals surface area contributed by atoms with Gasteiger partial charge in [-0.2, -0.15) is 0 Å². The number of nitrogens with zero attached hydrogens (tertiary/aromatic N) is 3. The van der Waals surface area contributed by atoms with Crippen molar-refractivity contribution in [3.63, 3.8) is 0 Å². The molecule has 0 unspecified atom stereocenters. The van der Waals surface area contributed by atoms with Crippen molar-refractivity contribution in [1.29, 1.82) is 0 Å². The minimum Gasteiger partial charge on any atom is -0.325 e. The summed E-state index contributed by atoms with van der Waals surface area (Å²) in [6, 6.07) is 16.2. The number of rotatable bonds is 8. The van der Waals surface area contributed by atoms with Crippen molar-refractivity contribution in [3.8, 4) is 0 Å². The first-order chi connectivity index (χ1) is 14.7. The second kappa shape index (κ2) is 9.35. The smallest absolute Gasteiger partial charge is 0.271 e. The number of anilines is 2. The Balaban J connectivity index is 1.70. The number of pyridine rings is 1. The van der Waals surface area contributed by atoms with E-state index in [4.69, 9.17) is 0 Å². The molecule has 1 N–H and O–H groups in total. The summed E-state index contributed by atoms with van der Waals surface area (Å²) < 4.78 is 25.2. The van der Waals surface area contributed by atoms with E-state index >= 15 is 0 Å². The Morgan fingerprint density at radius 3 is 2.32 bits per heavy atom. The lowest BCUT2D eigenvalue weighted by Crippen LogP contribution is -2.37. The molecule has 31 heavy (non-hydrogen) atoms. The Morgan fingerprint density at radius 1 is 1.06 bits per heavy atom. The number of carbonyl (C=O) groups is 1. The van der Waals surface area contributed by atoms with Crippen LogP contribution in [-0.2, 0) is 21.2 Å². The predicted molar refractivity (Wildman–Crippen MR) is 117 cm³/mol. The Hall–Kier alpha value is -3.79. The van der Waals surface area contributed by atoms with Gasteiger partial charge >= 0.3 is 0 Å². The van der Waals surface area contributed by atoms with Crippen molar-refractivity contribution < 1.29 is 18.1 Å². The Kier molecular flexibility index (Phi) is 6.61. The number of nitro benzene ring substituents is 1. The Labute approximate surface area is 179 Å². The Morgan fingerprint density at radius 2 is 1.71 bits per heavy atom. The summed E-state index contributed by atoms with van der Waals surface area (Å²) in [5.74, 6) is -0.571. The van der Waals surface area contributed by atoms with Crippen molar-refractivity contribution in [1.82, 2.24) is 4.98 Å². The van der Waals surface area contributed by atoms with E-state index in [-0.39, 0.29) is 11.4 Å². The number of nitrogens with one attached hydrogen (secondary N) is 1. The van der Waals surface area contributed by atoms with Gasteiger partial charge in [0.1, 0.15) is 6.54 Å². The third kappa shape index (κ3) is 6.09. The van der Waals surface area contributed by atoms with E-state index in [1.165, 1.54) is 18.2 Å². The monoisotopic (exact) mass is 440 g/mol. The standard InChI is InChI=1S/C21H20N4O5S/c1-31(29,30)24(19-3-2-4-20(14-19)25(27)28)15-21(26)23-18-7-5-16(6-8-18)13-17-9-11-22-12-10-17/h2-12,14H,13,15H2,1H3,(H,23,26). The van der Waals surface area contributed by atoms with Gasteiger partial charge < -0.3 is 5.32 Å². The van der Waals surface area contributed by atoms with Gasteiger partial charge in [-0.15, -0.1) is 0 Å². The van der Waals surface area contributed by atoms with Gasteiger partial charge in [0.25, 0.3) is 5.69 Å². The first kappa shape index (κ1) is 21.9. The van der Waals surface area contributed by atoms with Crippen LogP contribution in [0, 0.1) is 10.1 Å². The zero-order chi connectivity index (χ0) is 22.4. The minimum atomic E-state index is -3.84. The molecule has 0 bridgehead atoms. The third-order valence-corrected chi connectivity index (χ3v) is 5.55. The van der Waals surface area contributed by atoms with Crippen LogP contribution in [0.15, 0.2) is 73.1 Å². The first-order valence-electron chi connectivity index (χ1n) is 9.22. The van der Waals surface area contributed by atoms with Crippen LogP contribution in [-0.4, -0.2) is 37.0 Å². The van der Waals surface area contributed by atoms with E-state index in [2.05, 4.69) is 10.3 Å². The molecule has 1 heterocycles. The fourth-order valence-corrected chi connectivity index (χ4v) is 3.78. The largest absolute Gasteiger partial charge is 0.325 e. The maximum atomic E-state index is 12.5.